The van der Waals surface area contributed by atoms with E-state index in [0.717, 1.165) is 14.6 Å². The van der Waals surface area contributed by atoms with E-state index in [1.807, 2.05) is 24.3 Å². The van der Waals surface area contributed by atoms with Crippen molar-refractivity contribution in [2.45, 2.75) is 0 Å². The molecule has 1 aromatic heterocycles. The molecule has 0 unspecified atom stereocenters. The second-order valence-electron chi connectivity index (χ2n) is 7.19. The molecule has 10 heteroatoms. The third-order valence-electron chi connectivity index (χ3n) is 4.71. The van der Waals surface area contributed by atoms with Crippen LogP contribution in [-0.2, 0) is 4.79 Å². The zero-order valence-electron chi connectivity index (χ0n) is 18.0. The Kier molecular flexibility index (Phi) is 7.91. The van der Waals surface area contributed by atoms with Crippen LogP contribution in [0.25, 0.3) is 10.1 Å². The molecule has 4 rings (SSSR count). The number of nitrogens with one attached hydrogen (secondary N) is 2. The standard InChI is InChI=1S/C25H17BrClN3O4S/c26-17-5-3-4-16(12-17)24(32)28-14-21(31)30-29-13-15-8-10-18(11-9-15)34-25(33)23-22(27)19-6-1-2-7-20(19)35-23/h1-13H,14H2,(H,28,32)(H,30,31). The van der Waals surface area contributed by atoms with Crippen molar-refractivity contribution in [3.8, 4) is 5.75 Å². The largest absolute Gasteiger partial charge is 0.422 e. The Balaban J connectivity index is 1.27. The number of thiophene rings is 1. The molecule has 35 heavy (non-hydrogen) atoms. The molecule has 0 aliphatic rings. The summed E-state index contributed by atoms with van der Waals surface area (Å²) in [7, 11) is 0. The third kappa shape index (κ3) is 6.33. The second kappa shape index (κ2) is 11.3. The maximum Gasteiger partial charge on any atom is 0.355 e. The Hall–Kier alpha value is -3.53. The van der Waals surface area contributed by atoms with Gasteiger partial charge in [-0.25, -0.2) is 10.2 Å². The number of esters is 1. The molecule has 0 radical (unpaired) electrons. The molecule has 0 atom stereocenters. The number of fused-ring (bicyclic) bond motifs is 1. The SMILES string of the molecule is O=C(CNC(=O)c1cccc(Br)c1)NN=Cc1ccc(OC(=O)c2sc3ccccc3c2Cl)cc1. The van der Waals surface area contributed by atoms with Crippen LogP contribution in [0, 0.1) is 0 Å². The monoisotopic (exact) mass is 569 g/mol. The lowest BCUT2D eigenvalue weighted by Crippen LogP contribution is -2.34. The first-order valence-corrected chi connectivity index (χ1v) is 12.2. The topological polar surface area (TPSA) is 96.9 Å². The van der Waals surface area contributed by atoms with Gasteiger partial charge in [0.15, 0.2) is 0 Å². The molecule has 2 N–H and O–H groups in total. The number of benzene rings is 3. The molecule has 0 bridgehead atoms. The molecule has 0 spiro atoms. The Morgan fingerprint density at radius 2 is 1.80 bits per heavy atom. The number of nitrogens with zero attached hydrogens (tertiary/aromatic N) is 1. The lowest BCUT2D eigenvalue weighted by molar-refractivity contribution is -0.120. The van der Waals surface area contributed by atoms with Gasteiger partial charge in [0.05, 0.1) is 17.8 Å². The van der Waals surface area contributed by atoms with Crippen molar-refractivity contribution in [1.82, 2.24) is 10.7 Å². The number of rotatable bonds is 7. The minimum Gasteiger partial charge on any atom is -0.422 e. The fraction of sp³-hybridized carbons (Fsp3) is 0.0400. The van der Waals surface area contributed by atoms with Gasteiger partial charge in [0.1, 0.15) is 10.6 Å². The van der Waals surface area contributed by atoms with Crippen molar-refractivity contribution in [1.29, 1.82) is 0 Å². The quantitative estimate of drug-likeness (QED) is 0.134. The van der Waals surface area contributed by atoms with E-state index in [9.17, 15) is 14.4 Å². The van der Waals surface area contributed by atoms with Crippen molar-refractivity contribution in [3.05, 3.63) is 98.3 Å². The van der Waals surface area contributed by atoms with E-state index in [4.69, 9.17) is 16.3 Å². The Morgan fingerprint density at radius 3 is 2.54 bits per heavy atom. The van der Waals surface area contributed by atoms with Crippen LogP contribution in [-0.4, -0.2) is 30.5 Å². The molecule has 2 amide bonds. The van der Waals surface area contributed by atoms with Gasteiger partial charge in [0, 0.05) is 20.1 Å². The highest BCUT2D eigenvalue weighted by Gasteiger charge is 2.18. The Morgan fingerprint density at radius 1 is 1.03 bits per heavy atom. The predicted octanol–water partition coefficient (Wildman–Crippen LogP) is 5.42. The number of ether oxygens (including phenoxy) is 1. The van der Waals surface area contributed by atoms with Crippen LogP contribution in [0.3, 0.4) is 0 Å². The van der Waals surface area contributed by atoms with Crippen molar-refractivity contribution < 1.29 is 19.1 Å². The van der Waals surface area contributed by atoms with Crippen molar-refractivity contribution in [2.75, 3.05) is 6.54 Å². The number of carbonyl (C=O) groups is 3. The van der Waals surface area contributed by atoms with E-state index in [1.54, 1.807) is 48.5 Å². The van der Waals surface area contributed by atoms with Gasteiger partial charge in [-0.15, -0.1) is 11.3 Å². The fourth-order valence-electron chi connectivity index (χ4n) is 3.03. The van der Waals surface area contributed by atoms with Gasteiger partial charge in [-0.1, -0.05) is 51.8 Å². The molecule has 3 aromatic carbocycles. The molecular formula is C25H17BrClN3O4S. The predicted molar refractivity (Wildman–Crippen MR) is 140 cm³/mol. The molecule has 4 aromatic rings. The van der Waals surface area contributed by atoms with E-state index in [-0.39, 0.29) is 12.5 Å². The first kappa shape index (κ1) is 24.6. The van der Waals surface area contributed by atoms with Crippen LogP contribution in [0.5, 0.6) is 5.75 Å². The van der Waals surface area contributed by atoms with Gasteiger partial charge in [0.2, 0.25) is 0 Å². The van der Waals surface area contributed by atoms with Crippen molar-refractivity contribution >= 4 is 73.0 Å². The van der Waals surface area contributed by atoms with Gasteiger partial charge in [-0.05, 0) is 54.1 Å². The lowest BCUT2D eigenvalue weighted by Gasteiger charge is -2.05. The molecule has 0 aliphatic heterocycles. The summed E-state index contributed by atoms with van der Waals surface area (Å²) in [4.78, 5) is 36.9. The van der Waals surface area contributed by atoms with Gasteiger partial charge in [-0.3, -0.25) is 9.59 Å². The Labute approximate surface area is 217 Å². The minimum absolute atomic E-state index is 0.224. The number of halogens is 2. The minimum atomic E-state index is -0.533. The first-order valence-electron chi connectivity index (χ1n) is 10.3. The van der Waals surface area contributed by atoms with E-state index in [1.165, 1.54) is 17.6 Å². The molecular weight excluding hydrogens is 554 g/mol. The van der Waals surface area contributed by atoms with Crippen LogP contribution in [0.2, 0.25) is 5.02 Å². The number of amides is 2. The van der Waals surface area contributed by atoms with Crippen LogP contribution < -0.4 is 15.5 Å². The summed E-state index contributed by atoms with van der Waals surface area (Å²) in [6.45, 7) is -0.224. The summed E-state index contributed by atoms with van der Waals surface area (Å²) in [6.07, 6.45) is 1.43. The third-order valence-corrected chi connectivity index (χ3v) is 6.86. The number of carbonyl (C=O) groups excluding carboxylic acids is 3. The summed E-state index contributed by atoms with van der Waals surface area (Å²) in [5.41, 5.74) is 3.45. The van der Waals surface area contributed by atoms with E-state index in [0.29, 0.717) is 26.8 Å². The first-order chi connectivity index (χ1) is 16.9. The smallest absolute Gasteiger partial charge is 0.355 e. The van der Waals surface area contributed by atoms with E-state index in [2.05, 4.69) is 31.8 Å². The summed E-state index contributed by atoms with van der Waals surface area (Å²) in [6, 6.07) is 20.9. The molecule has 0 saturated carbocycles. The van der Waals surface area contributed by atoms with Crippen LogP contribution in [0.4, 0.5) is 0 Å². The molecule has 0 aliphatic carbocycles. The number of hydrogen-bond donors (Lipinski definition) is 2. The van der Waals surface area contributed by atoms with Crippen molar-refractivity contribution in [3.63, 3.8) is 0 Å². The van der Waals surface area contributed by atoms with Crippen LogP contribution in [0.1, 0.15) is 25.6 Å². The van der Waals surface area contributed by atoms with E-state index < -0.39 is 11.9 Å². The maximum atomic E-state index is 12.6. The van der Waals surface area contributed by atoms with E-state index >= 15 is 0 Å². The average Bonchev–Trinajstić information content (AvgIpc) is 3.20. The van der Waals surface area contributed by atoms with Gasteiger partial charge in [0.25, 0.3) is 11.8 Å². The summed E-state index contributed by atoms with van der Waals surface area (Å²) >= 11 is 10.9. The number of hydrazone groups is 1. The fourth-order valence-corrected chi connectivity index (χ4v) is 4.82. The highest BCUT2D eigenvalue weighted by atomic mass is 79.9. The zero-order valence-corrected chi connectivity index (χ0v) is 21.1. The second-order valence-corrected chi connectivity index (χ2v) is 9.53. The molecule has 7 nitrogen and oxygen atoms in total. The normalized spacial score (nSPS) is 10.9. The highest BCUT2D eigenvalue weighted by Crippen LogP contribution is 2.35. The van der Waals surface area contributed by atoms with Crippen molar-refractivity contribution in [2.24, 2.45) is 5.10 Å². The zero-order chi connectivity index (χ0) is 24.8. The van der Waals surface area contributed by atoms with Gasteiger partial charge in [-0.2, -0.15) is 5.10 Å². The highest BCUT2D eigenvalue weighted by molar-refractivity contribution is 9.10. The average molecular weight is 571 g/mol. The van der Waals surface area contributed by atoms with Gasteiger partial charge >= 0.3 is 5.97 Å². The summed E-state index contributed by atoms with van der Waals surface area (Å²) in [5.74, 6) is -1.03. The molecule has 0 fully saturated rings. The lowest BCUT2D eigenvalue weighted by atomic mass is 10.2. The van der Waals surface area contributed by atoms with Crippen LogP contribution >= 0.6 is 38.9 Å². The van der Waals surface area contributed by atoms with Gasteiger partial charge < -0.3 is 10.1 Å². The molecule has 1 heterocycles. The summed E-state index contributed by atoms with van der Waals surface area (Å²) in [5, 5.41) is 7.59. The Bertz CT molecular complexity index is 1440. The summed E-state index contributed by atoms with van der Waals surface area (Å²) < 4.78 is 7.11. The van der Waals surface area contributed by atoms with Crippen LogP contribution in [0.15, 0.2) is 82.4 Å². The number of hydrogen-bond acceptors (Lipinski definition) is 6. The molecule has 0 saturated heterocycles. The molecule has 176 valence electrons. The maximum absolute atomic E-state index is 12.6.